The third-order valence-electron chi connectivity index (χ3n) is 5.28. The van der Waals surface area contributed by atoms with Crippen molar-refractivity contribution in [1.29, 1.82) is 0 Å². The molecule has 0 N–H and O–H groups in total. The van der Waals surface area contributed by atoms with Crippen molar-refractivity contribution >= 4 is 15.9 Å². The monoisotopic (exact) mass is 394 g/mol. The molecule has 7 heteroatoms. The van der Waals surface area contributed by atoms with E-state index in [1.54, 1.807) is 24.3 Å². The fourth-order valence-corrected chi connectivity index (χ4v) is 5.85. The van der Waals surface area contributed by atoms with Gasteiger partial charge in [0.15, 0.2) is 0 Å². The number of nitrogens with zero attached hydrogens (tertiary/aromatic N) is 2. The quantitative estimate of drug-likeness (QED) is 0.790. The Morgan fingerprint density at radius 1 is 0.926 bits per heavy atom. The van der Waals surface area contributed by atoms with Crippen LogP contribution >= 0.6 is 0 Å². The zero-order valence-corrected chi connectivity index (χ0v) is 17.4. The lowest BCUT2D eigenvalue weighted by Crippen LogP contribution is -2.48. The fraction of sp³-hybridized carbons (Fsp3) is 0.650. The van der Waals surface area contributed by atoms with Crippen LogP contribution < -0.4 is 0 Å². The maximum Gasteiger partial charge on any atom is 0.253 e. The van der Waals surface area contributed by atoms with Crippen LogP contribution in [-0.4, -0.2) is 61.9 Å². The van der Waals surface area contributed by atoms with Gasteiger partial charge in [-0.25, -0.2) is 8.42 Å². The van der Waals surface area contributed by atoms with E-state index in [9.17, 15) is 13.2 Å². The number of likely N-dealkylation sites (tertiary alicyclic amines) is 1. The number of sulfonamides is 1. The second-order valence-electron chi connectivity index (χ2n) is 8.26. The fourth-order valence-electron chi connectivity index (χ4n) is 4.26. The Morgan fingerprint density at radius 2 is 1.44 bits per heavy atom. The van der Waals surface area contributed by atoms with Crippen LogP contribution in [0.2, 0.25) is 0 Å². The van der Waals surface area contributed by atoms with Crippen LogP contribution in [0.25, 0.3) is 0 Å². The molecule has 2 saturated heterocycles. The van der Waals surface area contributed by atoms with Crippen molar-refractivity contribution < 1.29 is 17.9 Å². The first kappa shape index (κ1) is 20.3. The molecule has 2 aliphatic rings. The van der Waals surface area contributed by atoms with Crippen molar-refractivity contribution in [1.82, 2.24) is 9.21 Å². The molecule has 2 aliphatic heterocycles. The number of carbonyl (C=O) groups excluding carboxylic acids is 1. The molecule has 0 radical (unpaired) electrons. The van der Waals surface area contributed by atoms with Crippen molar-refractivity contribution in [3.05, 3.63) is 29.8 Å². The van der Waals surface area contributed by atoms with E-state index in [0.29, 0.717) is 30.5 Å². The summed E-state index contributed by atoms with van der Waals surface area (Å²) < 4.78 is 32.9. The number of amides is 1. The number of hydrogen-bond donors (Lipinski definition) is 0. The second kappa shape index (κ2) is 7.89. The zero-order chi connectivity index (χ0) is 19.8. The van der Waals surface area contributed by atoms with Crippen LogP contribution in [0.5, 0.6) is 0 Å². The maximum absolute atomic E-state index is 12.9. The van der Waals surface area contributed by atoms with Crippen LogP contribution in [0, 0.1) is 11.8 Å². The van der Waals surface area contributed by atoms with Crippen LogP contribution in [0.15, 0.2) is 29.2 Å². The number of hydrogen-bond acceptors (Lipinski definition) is 4. The predicted octanol–water partition coefficient (Wildman–Crippen LogP) is 2.60. The number of ether oxygens (including phenoxy) is 1. The smallest absolute Gasteiger partial charge is 0.253 e. The molecule has 27 heavy (non-hydrogen) atoms. The summed E-state index contributed by atoms with van der Waals surface area (Å²) in [7, 11) is -3.58. The van der Waals surface area contributed by atoms with Gasteiger partial charge in [-0.1, -0.05) is 13.8 Å². The minimum Gasteiger partial charge on any atom is -0.373 e. The Bertz CT molecular complexity index is 758. The zero-order valence-electron chi connectivity index (χ0n) is 16.6. The average Bonchev–Trinajstić information content (AvgIpc) is 2.59. The summed E-state index contributed by atoms with van der Waals surface area (Å²) in [5.41, 5.74) is 0.541. The van der Waals surface area contributed by atoms with Crippen LogP contribution in [0.3, 0.4) is 0 Å². The highest BCUT2D eigenvalue weighted by molar-refractivity contribution is 7.89. The van der Waals surface area contributed by atoms with Crippen molar-refractivity contribution in [2.24, 2.45) is 11.8 Å². The molecule has 1 aromatic rings. The summed E-state index contributed by atoms with van der Waals surface area (Å²) in [6.45, 7) is 10.3. The Balaban J connectivity index is 1.75. The van der Waals surface area contributed by atoms with Gasteiger partial charge < -0.3 is 9.64 Å². The van der Waals surface area contributed by atoms with Gasteiger partial charge in [-0.15, -0.1) is 0 Å². The molecule has 3 rings (SSSR count). The highest BCUT2D eigenvalue weighted by Crippen LogP contribution is 2.24. The summed E-state index contributed by atoms with van der Waals surface area (Å²) in [5, 5.41) is 0. The van der Waals surface area contributed by atoms with Gasteiger partial charge in [0.2, 0.25) is 10.0 Å². The lowest BCUT2D eigenvalue weighted by Gasteiger charge is -2.35. The highest BCUT2D eigenvalue weighted by Gasteiger charge is 2.32. The summed E-state index contributed by atoms with van der Waals surface area (Å²) in [5.74, 6) is 0.955. The minimum atomic E-state index is -3.58. The van der Waals surface area contributed by atoms with E-state index in [1.807, 2.05) is 18.7 Å². The first-order chi connectivity index (χ1) is 12.7. The summed E-state index contributed by atoms with van der Waals surface area (Å²) in [4.78, 5) is 14.9. The van der Waals surface area contributed by atoms with Gasteiger partial charge in [0.1, 0.15) is 0 Å². The average molecular weight is 395 g/mol. The van der Waals surface area contributed by atoms with Gasteiger partial charge in [-0.05, 0) is 56.4 Å². The van der Waals surface area contributed by atoms with Gasteiger partial charge in [-0.2, -0.15) is 4.31 Å². The standard InChI is InChI=1S/C20H30N2O4S/c1-14-9-15(2)11-21(10-14)20(23)18-5-7-19(8-6-18)27(24,25)22-12-16(3)26-17(4)13-22/h5-8,14-17H,9-13H2,1-4H3/t14-,15+,16-,17+. The van der Waals surface area contributed by atoms with E-state index >= 15 is 0 Å². The Hall–Kier alpha value is -1.44. The molecule has 0 saturated carbocycles. The summed E-state index contributed by atoms with van der Waals surface area (Å²) in [6, 6.07) is 6.35. The van der Waals surface area contributed by atoms with Crippen molar-refractivity contribution in [3.63, 3.8) is 0 Å². The van der Waals surface area contributed by atoms with E-state index in [0.717, 1.165) is 19.5 Å². The Morgan fingerprint density at radius 3 is 1.96 bits per heavy atom. The van der Waals surface area contributed by atoms with Crippen molar-refractivity contribution in [2.45, 2.75) is 51.2 Å². The first-order valence-electron chi connectivity index (χ1n) is 9.71. The lowest BCUT2D eigenvalue weighted by molar-refractivity contribution is -0.0440. The van der Waals surface area contributed by atoms with Gasteiger partial charge in [0.05, 0.1) is 17.1 Å². The van der Waals surface area contributed by atoms with Gasteiger partial charge in [0, 0.05) is 31.7 Å². The molecular weight excluding hydrogens is 364 g/mol. The van der Waals surface area contributed by atoms with E-state index in [-0.39, 0.29) is 23.0 Å². The molecule has 0 unspecified atom stereocenters. The van der Waals surface area contributed by atoms with Crippen LogP contribution in [0.1, 0.15) is 44.5 Å². The van der Waals surface area contributed by atoms with Gasteiger partial charge >= 0.3 is 0 Å². The normalized spacial score (nSPS) is 30.3. The minimum absolute atomic E-state index is 0.0223. The molecule has 0 aliphatic carbocycles. The van der Waals surface area contributed by atoms with E-state index in [4.69, 9.17) is 4.74 Å². The molecule has 150 valence electrons. The van der Waals surface area contributed by atoms with Crippen LogP contribution in [-0.2, 0) is 14.8 Å². The molecular formula is C20H30N2O4S. The topological polar surface area (TPSA) is 66.9 Å². The first-order valence-corrected chi connectivity index (χ1v) is 11.2. The number of morpholine rings is 1. The Kier molecular flexibility index (Phi) is 5.93. The predicted molar refractivity (Wildman–Crippen MR) is 104 cm³/mol. The molecule has 2 fully saturated rings. The molecule has 6 nitrogen and oxygen atoms in total. The third kappa shape index (κ3) is 4.52. The van der Waals surface area contributed by atoms with E-state index in [1.165, 1.54) is 4.31 Å². The molecule has 1 aromatic carbocycles. The highest BCUT2D eigenvalue weighted by atomic mass is 32.2. The SMILES string of the molecule is C[C@@H]1C[C@H](C)CN(C(=O)c2ccc(S(=O)(=O)N3C[C@@H](C)O[C@@H](C)C3)cc2)C1. The number of carbonyl (C=O) groups is 1. The van der Waals surface area contributed by atoms with E-state index < -0.39 is 10.0 Å². The van der Waals surface area contributed by atoms with Crippen molar-refractivity contribution in [3.8, 4) is 0 Å². The molecule has 0 spiro atoms. The number of benzene rings is 1. The summed E-state index contributed by atoms with van der Waals surface area (Å²) >= 11 is 0. The Labute approximate surface area is 162 Å². The third-order valence-corrected chi connectivity index (χ3v) is 7.13. The molecule has 0 bridgehead atoms. The lowest BCUT2D eigenvalue weighted by atomic mass is 9.91. The van der Waals surface area contributed by atoms with Crippen LogP contribution in [0.4, 0.5) is 0 Å². The molecule has 1 amide bonds. The number of rotatable bonds is 3. The molecule has 0 aromatic heterocycles. The second-order valence-corrected chi connectivity index (χ2v) is 10.2. The largest absolute Gasteiger partial charge is 0.373 e. The van der Waals surface area contributed by atoms with Gasteiger partial charge in [-0.3, -0.25) is 4.79 Å². The van der Waals surface area contributed by atoms with Crippen molar-refractivity contribution in [2.75, 3.05) is 26.2 Å². The maximum atomic E-state index is 12.9. The van der Waals surface area contributed by atoms with Gasteiger partial charge in [0.25, 0.3) is 5.91 Å². The molecule has 2 heterocycles. The number of piperidine rings is 1. The molecule has 4 atom stereocenters. The summed E-state index contributed by atoms with van der Waals surface area (Å²) in [6.07, 6.45) is 0.872. The van der Waals surface area contributed by atoms with E-state index in [2.05, 4.69) is 13.8 Å².